The van der Waals surface area contributed by atoms with E-state index >= 15 is 0 Å². The van der Waals surface area contributed by atoms with Gasteiger partial charge in [-0.2, -0.15) is 0 Å². The van der Waals surface area contributed by atoms with Crippen LogP contribution in [-0.2, 0) is 13.2 Å². The predicted molar refractivity (Wildman–Crippen MR) is 69.8 cm³/mol. The first-order valence-corrected chi connectivity index (χ1v) is 6.15. The van der Waals surface area contributed by atoms with Gasteiger partial charge in [0.05, 0.1) is 4.47 Å². The number of aryl methyl sites for hydroxylation is 1. The molecule has 2 rings (SSSR count). The maximum atomic E-state index is 5.65. The monoisotopic (exact) mass is 295 g/mol. The Kier molecular flexibility index (Phi) is 3.86. The van der Waals surface area contributed by atoms with E-state index < -0.39 is 0 Å². The van der Waals surface area contributed by atoms with Gasteiger partial charge >= 0.3 is 0 Å². The molecule has 4 heteroatoms. The Morgan fingerprint density at radius 2 is 2.12 bits per heavy atom. The summed E-state index contributed by atoms with van der Waals surface area (Å²) >= 11 is 3.43. The van der Waals surface area contributed by atoms with Crippen molar-refractivity contribution in [2.75, 3.05) is 0 Å². The average molecular weight is 296 g/mol. The summed E-state index contributed by atoms with van der Waals surface area (Å²) in [5, 5.41) is 0. The van der Waals surface area contributed by atoms with Gasteiger partial charge < -0.3 is 14.9 Å². The Hall–Kier alpha value is -1.26. The average Bonchev–Trinajstić information content (AvgIpc) is 2.69. The third-order valence-corrected chi connectivity index (χ3v) is 3.15. The van der Waals surface area contributed by atoms with Crippen LogP contribution in [-0.4, -0.2) is 0 Å². The SMILES string of the molecule is Cc1oc(COc2ccccc2Br)cc1CN. The molecule has 0 aliphatic rings. The van der Waals surface area contributed by atoms with E-state index in [9.17, 15) is 0 Å². The number of hydrogen-bond acceptors (Lipinski definition) is 3. The standard InChI is InChI=1S/C13H14BrNO2/c1-9-10(7-15)6-11(17-9)8-16-13-5-3-2-4-12(13)14/h2-6H,7-8,15H2,1H3. The van der Waals surface area contributed by atoms with Crippen LogP contribution in [0.2, 0.25) is 0 Å². The van der Waals surface area contributed by atoms with Crippen molar-refractivity contribution in [1.29, 1.82) is 0 Å². The second-order valence-electron chi connectivity index (χ2n) is 3.72. The zero-order chi connectivity index (χ0) is 12.3. The smallest absolute Gasteiger partial charge is 0.146 e. The van der Waals surface area contributed by atoms with Crippen LogP contribution >= 0.6 is 15.9 Å². The molecule has 2 aromatic rings. The van der Waals surface area contributed by atoms with Crippen molar-refractivity contribution < 1.29 is 9.15 Å². The molecule has 0 aliphatic carbocycles. The van der Waals surface area contributed by atoms with E-state index in [2.05, 4.69) is 15.9 Å². The Balaban J connectivity index is 2.05. The summed E-state index contributed by atoms with van der Waals surface area (Å²) in [4.78, 5) is 0. The lowest BCUT2D eigenvalue weighted by Crippen LogP contribution is -1.96. The number of para-hydroxylation sites is 1. The lowest BCUT2D eigenvalue weighted by atomic mass is 10.2. The zero-order valence-corrected chi connectivity index (χ0v) is 11.2. The van der Waals surface area contributed by atoms with E-state index in [1.807, 2.05) is 37.3 Å². The van der Waals surface area contributed by atoms with Crippen LogP contribution in [0.5, 0.6) is 5.75 Å². The van der Waals surface area contributed by atoms with Gasteiger partial charge in [-0.3, -0.25) is 0 Å². The molecule has 0 radical (unpaired) electrons. The van der Waals surface area contributed by atoms with Crippen molar-refractivity contribution in [3.05, 3.63) is 51.9 Å². The van der Waals surface area contributed by atoms with Crippen LogP contribution in [0.25, 0.3) is 0 Å². The van der Waals surface area contributed by atoms with Gasteiger partial charge in [0.1, 0.15) is 23.9 Å². The molecule has 0 aliphatic heterocycles. The van der Waals surface area contributed by atoms with Crippen molar-refractivity contribution in [1.82, 2.24) is 0 Å². The highest BCUT2D eigenvalue weighted by Crippen LogP contribution is 2.25. The highest BCUT2D eigenvalue weighted by Gasteiger charge is 2.07. The fourth-order valence-corrected chi connectivity index (χ4v) is 1.97. The molecule has 0 atom stereocenters. The van der Waals surface area contributed by atoms with Crippen LogP contribution in [0.4, 0.5) is 0 Å². The molecular weight excluding hydrogens is 282 g/mol. The highest BCUT2D eigenvalue weighted by atomic mass is 79.9. The second-order valence-corrected chi connectivity index (χ2v) is 4.57. The number of halogens is 1. The van der Waals surface area contributed by atoms with Crippen LogP contribution in [0.3, 0.4) is 0 Å². The first-order valence-electron chi connectivity index (χ1n) is 5.36. The van der Waals surface area contributed by atoms with Gasteiger partial charge in [0.25, 0.3) is 0 Å². The number of furan rings is 1. The first kappa shape index (κ1) is 12.2. The summed E-state index contributed by atoms with van der Waals surface area (Å²) in [6.45, 7) is 2.80. The van der Waals surface area contributed by atoms with E-state index in [1.165, 1.54) is 0 Å². The molecule has 0 spiro atoms. The summed E-state index contributed by atoms with van der Waals surface area (Å²) in [5.41, 5.74) is 6.61. The molecule has 1 aromatic heterocycles. The van der Waals surface area contributed by atoms with Crippen molar-refractivity contribution in [2.24, 2.45) is 5.73 Å². The van der Waals surface area contributed by atoms with Crippen molar-refractivity contribution >= 4 is 15.9 Å². The third-order valence-electron chi connectivity index (χ3n) is 2.50. The summed E-state index contributed by atoms with van der Waals surface area (Å²) in [5.74, 6) is 2.45. The maximum Gasteiger partial charge on any atom is 0.146 e. The van der Waals surface area contributed by atoms with Gasteiger partial charge in [-0.15, -0.1) is 0 Å². The van der Waals surface area contributed by atoms with Gasteiger partial charge in [-0.25, -0.2) is 0 Å². The van der Waals surface area contributed by atoms with E-state index in [1.54, 1.807) is 0 Å². The normalized spacial score (nSPS) is 10.5. The van der Waals surface area contributed by atoms with Crippen LogP contribution in [0.15, 0.2) is 39.2 Å². The molecule has 2 N–H and O–H groups in total. The largest absolute Gasteiger partial charge is 0.484 e. The van der Waals surface area contributed by atoms with Crippen LogP contribution in [0.1, 0.15) is 17.1 Å². The minimum absolute atomic E-state index is 0.406. The number of benzene rings is 1. The van der Waals surface area contributed by atoms with E-state index in [4.69, 9.17) is 14.9 Å². The van der Waals surface area contributed by atoms with Crippen molar-refractivity contribution in [3.63, 3.8) is 0 Å². The highest BCUT2D eigenvalue weighted by molar-refractivity contribution is 9.10. The summed E-state index contributed by atoms with van der Waals surface area (Å²) in [6.07, 6.45) is 0. The van der Waals surface area contributed by atoms with Crippen molar-refractivity contribution in [3.8, 4) is 5.75 Å². The van der Waals surface area contributed by atoms with Gasteiger partial charge in [0, 0.05) is 12.1 Å². The Morgan fingerprint density at radius 1 is 1.35 bits per heavy atom. The molecule has 0 saturated heterocycles. The molecule has 1 heterocycles. The van der Waals surface area contributed by atoms with E-state index in [-0.39, 0.29) is 0 Å². The predicted octanol–water partition coefficient (Wildman–Crippen LogP) is 3.39. The lowest BCUT2D eigenvalue weighted by Gasteiger charge is -2.05. The van der Waals surface area contributed by atoms with Crippen molar-refractivity contribution in [2.45, 2.75) is 20.1 Å². The molecule has 90 valence electrons. The van der Waals surface area contributed by atoms with E-state index in [0.29, 0.717) is 13.2 Å². The van der Waals surface area contributed by atoms with Gasteiger partial charge in [0.2, 0.25) is 0 Å². The lowest BCUT2D eigenvalue weighted by molar-refractivity contribution is 0.266. The molecule has 17 heavy (non-hydrogen) atoms. The summed E-state index contributed by atoms with van der Waals surface area (Å²) in [6, 6.07) is 9.66. The number of nitrogens with two attached hydrogens (primary N) is 1. The fraction of sp³-hybridized carbons (Fsp3) is 0.231. The Bertz CT molecular complexity index is 508. The molecule has 0 amide bonds. The first-order chi connectivity index (χ1) is 8.20. The molecule has 0 bridgehead atoms. The van der Waals surface area contributed by atoms with Gasteiger partial charge in [-0.05, 0) is 41.1 Å². The summed E-state index contributed by atoms with van der Waals surface area (Å²) < 4.78 is 12.1. The zero-order valence-electron chi connectivity index (χ0n) is 9.57. The van der Waals surface area contributed by atoms with Crippen LogP contribution in [0, 0.1) is 6.92 Å². The second kappa shape index (κ2) is 5.38. The number of ether oxygens (including phenoxy) is 1. The van der Waals surface area contributed by atoms with Gasteiger partial charge in [-0.1, -0.05) is 12.1 Å². The molecule has 0 saturated carbocycles. The minimum atomic E-state index is 0.406. The Labute approximate surface area is 109 Å². The Morgan fingerprint density at radius 3 is 2.76 bits per heavy atom. The molecule has 3 nitrogen and oxygen atoms in total. The van der Waals surface area contributed by atoms with Crippen LogP contribution < -0.4 is 10.5 Å². The molecule has 0 unspecified atom stereocenters. The summed E-state index contributed by atoms with van der Waals surface area (Å²) in [7, 11) is 0. The maximum absolute atomic E-state index is 5.65. The molecule has 1 aromatic carbocycles. The van der Waals surface area contributed by atoms with E-state index in [0.717, 1.165) is 27.3 Å². The fourth-order valence-electron chi connectivity index (χ4n) is 1.57. The minimum Gasteiger partial charge on any atom is -0.484 e. The quantitative estimate of drug-likeness (QED) is 0.940. The third kappa shape index (κ3) is 2.90. The number of rotatable bonds is 4. The van der Waals surface area contributed by atoms with Gasteiger partial charge in [0.15, 0.2) is 0 Å². The molecule has 0 fully saturated rings. The number of hydrogen-bond donors (Lipinski definition) is 1. The molecular formula is C13H14BrNO2. The topological polar surface area (TPSA) is 48.4 Å².